The van der Waals surface area contributed by atoms with Crippen LogP contribution in [0.25, 0.3) is 0 Å². The van der Waals surface area contributed by atoms with Gasteiger partial charge in [0.05, 0.1) is 17.7 Å². The summed E-state index contributed by atoms with van der Waals surface area (Å²) >= 11 is 0. The Balaban J connectivity index is 1.64. The molecule has 1 aromatic rings. The molecule has 1 unspecified atom stereocenters. The molecule has 2 aliphatic rings. The van der Waals surface area contributed by atoms with Crippen molar-refractivity contribution < 1.29 is 19.2 Å². The van der Waals surface area contributed by atoms with Crippen LogP contribution in [-0.4, -0.2) is 59.8 Å². The highest BCUT2D eigenvalue weighted by molar-refractivity contribution is 6.22. The molecule has 2 heterocycles. The molecule has 3 amide bonds. The summed E-state index contributed by atoms with van der Waals surface area (Å²) in [7, 11) is 0. The Morgan fingerprint density at radius 1 is 1.11 bits per heavy atom. The van der Waals surface area contributed by atoms with Gasteiger partial charge in [-0.25, -0.2) is 5.48 Å². The Bertz CT molecular complexity index is 678. The van der Waals surface area contributed by atoms with E-state index in [1.54, 1.807) is 24.3 Å². The van der Waals surface area contributed by atoms with Crippen LogP contribution in [0.15, 0.2) is 24.3 Å². The van der Waals surface area contributed by atoms with Crippen molar-refractivity contribution in [2.45, 2.75) is 39.2 Å². The molecule has 0 bridgehead atoms. The number of imide groups is 1. The third-order valence-electron chi connectivity index (χ3n) is 5.02. The Kier molecular flexibility index (Phi) is 6.23. The van der Waals surface area contributed by atoms with Gasteiger partial charge in [-0.1, -0.05) is 26.0 Å². The van der Waals surface area contributed by atoms with Gasteiger partial charge in [0.15, 0.2) is 0 Å². The van der Waals surface area contributed by atoms with Crippen molar-refractivity contribution in [1.29, 1.82) is 0 Å². The molecule has 0 spiro atoms. The van der Waals surface area contributed by atoms with Crippen LogP contribution in [0.3, 0.4) is 0 Å². The van der Waals surface area contributed by atoms with Gasteiger partial charge in [-0.2, -0.15) is 0 Å². The first-order valence-electron chi connectivity index (χ1n) is 9.60. The lowest BCUT2D eigenvalue weighted by Gasteiger charge is -2.26. The molecule has 3 rings (SSSR count). The maximum Gasteiger partial charge on any atom is 0.266 e. The van der Waals surface area contributed by atoms with Gasteiger partial charge in [-0.05, 0) is 50.4 Å². The zero-order chi connectivity index (χ0) is 19.4. The number of rotatable bonds is 8. The average molecular weight is 373 g/mol. The number of amides is 3. The van der Waals surface area contributed by atoms with Gasteiger partial charge < -0.3 is 4.90 Å². The van der Waals surface area contributed by atoms with E-state index < -0.39 is 23.8 Å². The lowest BCUT2D eigenvalue weighted by Crippen LogP contribution is -2.50. The summed E-state index contributed by atoms with van der Waals surface area (Å²) in [6.45, 7) is 7.15. The van der Waals surface area contributed by atoms with Gasteiger partial charge in [-0.15, -0.1) is 0 Å². The minimum Gasteiger partial charge on any atom is -0.301 e. The summed E-state index contributed by atoms with van der Waals surface area (Å²) in [5.74, 6) is -1.17. The monoisotopic (exact) mass is 373 g/mol. The molecule has 1 atom stereocenters. The van der Waals surface area contributed by atoms with Gasteiger partial charge in [0.25, 0.3) is 17.7 Å². The number of nitrogens with zero attached hydrogens (tertiary/aromatic N) is 2. The highest BCUT2D eigenvalue weighted by Crippen LogP contribution is 2.27. The van der Waals surface area contributed by atoms with Crippen LogP contribution < -0.4 is 5.48 Å². The van der Waals surface area contributed by atoms with Gasteiger partial charge in [0, 0.05) is 6.54 Å². The van der Waals surface area contributed by atoms with E-state index in [4.69, 9.17) is 4.84 Å². The summed E-state index contributed by atoms with van der Waals surface area (Å²) in [5.41, 5.74) is 3.14. The lowest BCUT2D eigenvalue weighted by molar-refractivity contribution is -0.138. The summed E-state index contributed by atoms with van der Waals surface area (Å²) in [6, 6.07) is 5.78. The van der Waals surface area contributed by atoms with Crippen molar-refractivity contribution in [1.82, 2.24) is 15.3 Å². The molecular formula is C20H27N3O4. The molecule has 27 heavy (non-hydrogen) atoms. The van der Waals surface area contributed by atoms with Gasteiger partial charge in [0.1, 0.15) is 6.04 Å². The molecule has 0 radical (unpaired) electrons. The molecule has 0 aromatic heterocycles. The number of hydrogen-bond donors (Lipinski definition) is 1. The van der Waals surface area contributed by atoms with Crippen LogP contribution in [0, 0.1) is 5.92 Å². The van der Waals surface area contributed by atoms with Crippen molar-refractivity contribution in [2.24, 2.45) is 5.92 Å². The molecule has 2 aliphatic heterocycles. The average Bonchev–Trinajstić information content (AvgIpc) is 3.25. The number of likely N-dealkylation sites (tertiary alicyclic amines) is 1. The fraction of sp³-hybridized carbons (Fsp3) is 0.550. The topological polar surface area (TPSA) is 79.0 Å². The van der Waals surface area contributed by atoms with Crippen molar-refractivity contribution >= 4 is 17.7 Å². The second-order valence-electron chi connectivity index (χ2n) is 7.53. The van der Waals surface area contributed by atoms with E-state index in [0.29, 0.717) is 24.2 Å². The minimum atomic E-state index is -0.885. The van der Waals surface area contributed by atoms with E-state index in [1.165, 1.54) is 12.8 Å². The zero-order valence-corrected chi connectivity index (χ0v) is 15.9. The third-order valence-corrected chi connectivity index (χ3v) is 5.02. The molecule has 7 heteroatoms. The fourth-order valence-electron chi connectivity index (χ4n) is 3.64. The van der Waals surface area contributed by atoms with E-state index >= 15 is 0 Å². The van der Waals surface area contributed by atoms with Gasteiger partial charge in [0.2, 0.25) is 0 Å². The Hall–Kier alpha value is -2.25. The normalized spacial score (nSPS) is 18.3. The SMILES string of the molecule is CC(C)CC(C(=O)NOCCN1CCCC1)N1C(=O)c2ccccc2C1=O. The van der Waals surface area contributed by atoms with E-state index in [2.05, 4.69) is 10.4 Å². The number of fused-ring (bicyclic) bond motifs is 1. The molecule has 0 saturated carbocycles. The number of carbonyl (C=O) groups is 3. The Morgan fingerprint density at radius 2 is 1.70 bits per heavy atom. The van der Waals surface area contributed by atoms with Crippen LogP contribution in [0.4, 0.5) is 0 Å². The number of hydrogen-bond acceptors (Lipinski definition) is 5. The van der Waals surface area contributed by atoms with Crippen molar-refractivity contribution in [3.8, 4) is 0 Å². The van der Waals surface area contributed by atoms with Crippen LogP contribution in [-0.2, 0) is 9.63 Å². The second kappa shape index (κ2) is 8.63. The van der Waals surface area contributed by atoms with E-state index in [0.717, 1.165) is 24.5 Å². The smallest absolute Gasteiger partial charge is 0.266 e. The van der Waals surface area contributed by atoms with E-state index in [1.807, 2.05) is 13.8 Å². The Morgan fingerprint density at radius 3 is 2.26 bits per heavy atom. The summed E-state index contributed by atoms with van der Waals surface area (Å²) in [4.78, 5) is 46.8. The van der Waals surface area contributed by atoms with Gasteiger partial charge >= 0.3 is 0 Å². The predicted octanol–water partition coefficient (Wildman–Crippen LogP) is 1.84. The van der Waals surface area contributed by atoms with Crippen LogP contribution in [0.5, 0.6) is 0 Å². The number of nitrogens with one attached hydrogen (secondary N) is 1. The van der Waals surface area contributed by atoms with Crippen LogP contribution in [0.1, 0.15) is 53.8 Å². The molecule has 146 valence electrons. The number of carbonyl (C=O) groups excluding carboxylic acids is 3. The van der Waals surface area contributed by atoms with Crippen molar-refractivity contribution in [3.05, 3.63) is 35.4 Å². The molecule has 1 aromatic carbocycles. The lowest BCUT2D eigenvalue weighted by atomic mass is 10.0. The predicted molar refractivity (Wildman–Crippen MR) is 100.0 cm³/mol. The van der Waals surface area contributed by atoms with Crippen molar-refractivity contribution in [3.63, 3.8) is 0 Å². The molecular weight excluding hydrogens is 346 g/mol. The molecule has 1 N–H and O–H groups in total. The number of hydroxylamine groups is 1. The third kappa shape index (κ3) is 4.36. The first-order valence-corrected chi connectivity index (χ1v) is 9.60. The fourth-order valence-corrected chi connectivity index (χ4v) is 3.64. The second-order valence-corrected chi connectivity index (χ2v) is 7.53. The van der Waals surface area contributed by atoms with E-state index in [-0.39, 0.29) is 5.92 Å². The van der Waals surface area contributed by atoms with Crippen LogP contribution >= 0.6 is 0 Å². The molecule has 1 saturated heterocycles. The maximum absolute atomic E-state index is 12.7. The molecule has 1 fully saturated rings. The Labute approximate surface area is 159 Å². The highest BCUT2D eigenvalue weighted by atomic mass is 16.7. The minimum absolute atomic E-state index is 0.134. The maximum atomic E-state index is 12.7. The standard InChI is InChI=1S/C20H27N3O4/c1-14(2)13-17(18(24)21-27-12-11-22-9-5-6-10-22)23-19(25)15-7-3-4-8-16(15)20(23)26/h3-4,7-8,14,17H,5-6,9-13H2,1-2H3,(H,21,24). The summed E-state index contributed by atoms with van der Waals surface area (Å²) < 4.78 is 0. The zero-order valence-electron chi connectivity index (χ0n) is 15.9. The molecule has 7 nitrogen and oxygen atoms in total. The quantitative estimate of drug-likeness (QED) is 0.427. The van der Waals surface area contributed by atoms with E-state index in [9.17, 15) is 14.4 Å². The number of benzene rings is 1. The summed E-state index contributed by atoms with van der Waals surface area (Å²) in [5, 5.41) is 0. The first-order chi connectivity index (χ1) is 13.0. The van der Waals surface area contributed by atoms with Crippen molar-refractivity contribution in [2.75, 3.05) is 26.2 Å². The van der Waals surface area contributed by atoms with Gasteiger partial charge in [-0.3, -0.25) is 24.1 Å². The van der Waals surface area contributed by atoms with Crippen LogP contribution in [0.2, 0.25) is 0 Å². The highest BCUT2D eigenvalue weighted by Gasteiger charge is 2.42. The largest absolute Gasteiger partial charge is 0.301 e. The molecule has 0 aliphatic carbocycles. The summed E-state index contributed by atoms with van der Waals surface area (Å²) in [6.07, 6.45) is 2.78. The first kappa shape index (κ1) is 19.5.